The number of nitrogens with two attached hydrogens (primary N) is 1. The Bertz CT molecular complexity index is 384. The summed E-state index contributed by atoms with van der Waals surface area (Å²) in [5.41, 5.74) is 6.71. The SMILES string of the molecule is CCC(CC)n1ccc(CN(C)C(C)C(N)=S)n1. The molecule has 0 amide bonds. The van der Waals surface area contributed by atoms with E-state index in [0.29, 0.717) is 11.0 Å². The van der Waals surface area contributed by atoms with Crippen molar-refractivity contribution in [2.75, 3.05) is 7.05 Å². The van der Waals surface area contributed by atoms with Crippen LogP contribution in [0.4, 0.5) is 0 Å². The molecule has 5 heteroatoms. The maximum absolute atomic E-state index is 5.65. The van der Waals surface area contributed by atoms with Gasteiger partial charge in [-0.2, -0.15) is 5.10 Å². The fourth-order valence-electron chi connectivity index (χ4n) is 1.94. The van der Waals surface area contributed by atoms with Gasteiger partial charge < -0.3 is 5.73 Å². The van der Waals surface area contributed by atoms with Gasteiger partial charge in [-0.25, -0.2) is 0 Å². The van der Waals surface area contributed by atoms with Gasteiger partial charge in [0, 0.05) is 12.7 Å². The summed E-state index contributed by atoms with van der Waals surface area (Å²) in [6, 6.07) is 2.66. The third-order valence-electron chi connectivity index (χ3n) is 3.46. The second kappa shape index (κ2) is 6.85. The van der Waals surface area contributed by atoms with E-state index in [-0.39, 0.29) is 6.04 Å². The Hall–Kier alpha value is -0.940. The van der Waals surface area contributed by atoms with Gasteiger partial charge in [-0.05, 0) is 32.9 Å². The minimum atomic E-state index is 0.0956. The zero-order chi connectivity index (χ0) is 13.7. The Labute approximate surface area is 115 Å². The lowest BCUT2D eigenvalue weighted by Gasteiger charge is -2.22. The van der Waals surface area contributed by atoms with Crippen molar-refractivity contribution < 1.29 is 0 Å². The molecule has 1 aromatic heterocycles. The van der Waals surface area contributed by atoms with Crippen LogP contribution in [0.15, 0.2) is 12.3 Å². The van der Waals surface area contributed by atoms with Crippen molar-refractivity contribution in [1.82, 2.24) is 14.7 Å². The van der Waals surface area contributed by atoms with Crippen LogP contribution in [0.1, 0.15) is 45.3 Å². The second-order valence-electron chi connectivity index (χ2n) is 4.75. The lowest BCUT2D eigenvalue weighted by molar-refractivity contribution is 0.297. The van der Waals surface area contributed by atoms with Crippen molar-refractivity contribution >= 4 is 17.2 Å². The molecule has 0 aliphatic carbocycles. The fourth-order valence-corrected chi connectivity index (χ4v) is 2.12. The molecule has 1 atom stereocenters. The van der Waals surface area contributed by atoms with Crippen LogP contribution in [0, 0.1) is 0 Å². The summed E-state index contributed by atoms with van der Waals surface area (Å²) in [6.45, 7) is 7.17. The highest BCUT2D eigenvalue weighted by Crippen LogP contribution is 2.15. The standard InChI is InChI=1S/C13H24N4S/c1-5-12(6-2)17-8-7-11(15-17)9-16(4)10(3)13(14)18/h7-8,10,12H,5-6,9H2,1-4H3,(H2,14,18). The van der Waals surface area contributed by atoms with Gasteiger partial charge in [0.1, 0.15) is 0 Å². The van der Waals surface area contributed by atoms with Gasteiger partial charge in [0.25, 0.3) is 0 Å². The highest BCUT2D eigenvalue weighted by molar-refractivity contribution is 7.80. The average molecular weight is 268 g/mol. The van der Waals surface area contributed by atoms with E-state index in [1.165, 1.54) is 0 Å². The van der Waals surface area contributed by atoms with Crippen LogP contribution in [0.25, 0.3) is 0 Å². The van der Waals surface area contributed by atoms with Crippen LogP contribution >= 0.6 is 12.2 Å². The van der Waals surface area contributed by atoms with Crippen LogP contribution in [-0.4, -0.2) is 32.8 Å². The second-order valence-corrected chi connectivity index (χ2v) is 5.22. The molecule has 1 heterocycles. The number of rotatable bonds is 7. The van der Waals surface area contributed by atoms with E-state index >= 15 is 0 Å². The first kappa shape index (κ1) is 15.1. The summed E-state index contributed by atoms with van der Waals surface area (Å²) in [4.78, 5) is 2.64. The van der Waals surface area contributed by atoms with Gasteiger partial charge in [-0.1, -0.05) is 26.1 Å². The predicted octanol–water partition coefficient (Wildman–Crippen LogP) is 2.35. The van der Waals surface area contributed by atoms with E-state index in [9.17, 15) is 0 Å². The molecule has 0 aliphatic rings. The third-order valence-corrected chi connectivity index (χ3v) is 3.81. The van der Waals surface area contributed by atoms with Crippen LogP contribution in [0.3, 0.4) is 0 Å². The highest BCUT2D eigenvalue weighted by Gasteiger charge is 2.14. The van der Waals surface area contributed by atoms with Crippen molar-refractivity contribution in [3.63, 3.8) is 0 Å². The van der Waals surface area contributed by atoms with Gasteiger partial charge in [0.15, 0.2) is 0 Å². The zero-order valence-electron chi connectivity index (χ0n) is 11.8. The molecule has 1 unspecified atom stereocenters. The summed E-state index contributed by atoms with van der Waals surface area (Å²) < 4.78 is 2.06. The zero-order valence-corrected chi connectivity index (χ0v) is 12.6. The smallest absolute Gasteiger partial charge is 0.0899 e. The third kappa shape index (κ3) is 3.78. The molecule has 0 aromatic carbocycles. The summed E-state index contributed by atoms with van der Waals surface area (Å²) in [6.07, 6.45) is 4.28. The van der Waals surface area contributed by atoms with E-state index in [0.717, 1.165) is 25.1 Å². The maximum Gasteiger partial charge on any atom is 0.0899 e. The molecule has 2 N–H and O–H groups in total. The first-order chi connectivity index (χ1) is 8.49. The highest BCUT2D eigenvalue weighted by atomic mass is 32.1. The summed E-state index contributed by atoms with van der Waals surface area (Å²) in [5, 5.41) is 4.62. The average Bonchev–Trinajstić information content (AvgIpc) is 2.78. The lowest BCUT2D eigenvalue weighted by Crippen LogP contribution is -2.38. The van der Waals surface area contributed by atoms with Crippen LogP contribution in [0.2, 0.25) is 0 Å². The molecule has 102 valence electrons. The number of aromatic nitrogens is 2. The number of hydrogen-bond acceptors (Lipinski definition) is 3. The molecule has 1 aromatic rings. The molecule has 0 fully saturated rings. The summed E-state index contributed by atoms with van der Waals surface area (Å²) >= 11 is 5.01. The van der Waals surface area contributed by atoms with E-state index in [4.69, 9.17) is 18.0 Å². The molecule has 0 saturated heterocycles. The summed E-state index contributed by atoms with van der Waals surface area (Å²) in [7, 11) is 2.01. The van der Waals surface area contributed by atoms with E-state index < -0.39 is 0 Å². The number of likely N-dealkylation sites (N-methyl/N-ethyl adjacent to an activating group) is 1. The Kier molecular flexibility index (Phi) is 5.75. The van der Waals surface area contributed by atoms with Gasteiger partial charge in [0.05, 0.1) is 22.8 Å². The Balaban J connectivity index is 2.66. The number of hydrogen-bond donors (Lipinski definition) is 1. The normalized spacial score (nSPS) is 13.2. The largest absolute Gasteiger partial charge is 0.392 e. The maximum atomic E-state index is 5.65. The number of thiocarbonyl (C=S) groups is 1. The van der Waals surface area contributed by atoms with Gasteiger partial charge in [-0.3, -0.25) is 9.58 Å². The van der Waals surface area contributed by atoms with E-state index in [1.807, 2.05) is 14.0 Å². The molecule has 18 heavy (non-hydrogen) atoms. The Morgan fingerprint density at radius 2 is 2.11 bits per heavy atom. The van der Waals surface area contributed by atoms with Crippen molar-refractivity contribution in [1.29, 1.82) is 0 Å². The topological polar surface area (TPSA) is 47.1 Å². The molecule has 0 saturated carbocycles. The van der Waals surface area contributed by atoms with Crippen LogP contribution in [-0.2, 0) is 6.54 Å². The molecule has 0 radical (unpaired) electrons. The molecule has 0 bridgehead atoms. The summed E-state index contributed by atoms with van der Waals surface area (Å²) in [5.74, 6) is 0. The van der Waals surface area contributed by atoms with Crippen molar-refractivity contribution in [3.8, 4) is 0 Å². The van der Waals surface area contributed by atoms with Gasteiger partial charge in [-0.15, -0.1) is 0 Å². The van der Waals surface area contributed by atoms with Crippen molar-refractivity contribution in [2.45, 2.75) is 52.2 Å². The molecule has 4 nitrogen and oxygen atoms in total. The lowest BCUT2D eigenvalue weighted by atomic mass is 10.2. The van der Waals surface area contributed by atoms with E-state index in [2.05, 4.69) is 40.8 Å². The molecule has 1 rings (SSSR count). The first-order valence-corrected chi connectivity index (χ1v) is 6.93. The van der Waals surface area contributed by atoms with Crippen LogP contribution < -0.4 is 5.73 Å². The van der Waals surface area contributed by atoms with E-state index in [1.54, 1.807) is 0 Å². The first-order valence-electron chi connectivity index (χ1n) is 6.53. The quantitative estimate of drug-likeness (QED) is 0.771. The molecular formula is C13H24N4S. The van der Waals surface area contributed by atoms with Crippen LogP contribution in [0.5, 0.6) is 0 Å². The van der Waals surface area contributed by atoms with Gasteiger partial charge >= 0.3 is 0 Å². The van der Waals surface area contributed by atoms with Crippen molar-refractivity contribution in [3.05, 3.63) is 18.0 Å². The van der Waals surface area contributed by atoms with Crippen molar-refractivity contribution in [2.24, 2.45) is 5.73 Å². The number of nitrogens with zero attached hydrogens (tertiary/aromatic N) is 3. The molecule has 0 aliphatic heterocycles. The minimum absolute atomic E-state index is 0.0956. The minimum Gasteiger partial charge on any atom is -0.392 e. The predicted molar refractivity (Wildman–Crippen MR) is 79.6 cm³/mol. The Morgan fingerprint density at radius 1 is 1.50 bits per heavy atom. The monoisotopic (exact) mass is 268 g/mol. The molecule has 0 spiro atoms. The Morgan fingerprint density at radius 3 is 2.61 bits per heavy atom. The fraction of sp³-hybridized carbons (Fsp3) is 0.692. The molecular weight excluding hydrogens is 244 g/mol. The van der Waals surface area contributed by atoms with Gasteiger partial charge in [0.2, 0.25) is 0 Å².